The Balaban J connectivity index is 2.54. The van der Waals surface area contributed by atoms with Crippen molar-refractivity contribution in [3.05, 3.63) is 69.8 Å². The molecule has 0 heterocycles. The highest BCUT2D eigenvalue weighted by molar-refractivity contribution is 6.00. The number of hydrogen-bond acceptors (Lipinski definition) is 4. The zero-order valence-electron chi connectivity index (χ0n) is 26.5. The van der Waals surface area contributed by atoms with E-state index < -0.39 is 28.4 Å². The first kappa shape index (κ1) is 33.2. The van der Waals surface area contributed by atoms with Gasteiger partial charge in [-0.1, -0.05) is 71.9 Å². The number of aryl methyl sites for hydroxylation is 2. The van der Waals surface area contributed by atoms with Gasteiger partial charge in [0.15, 0.2) is 5.78 Å². The van der Waals surface area contributed by atoms with Crippen LogP contribution in [-0.2, 0) is 10.2 Å². The summed E-state index contributed by atoms with van der Waals surface area (Å²) in [6, 6.07) is 11.8. The van der Waals surface area contributed by atoms with Gasteiger partial charge in [0.1, 0.15) is 5.54 Å². The van der Waals surface area contributed by atoms with E-state index >= 15 is 0 Å². The van der Waals surface area contributed by atoms with E-state index in [1.165, 1.54) is 25.8 Å². The average Bonchev–Trinajstić information content (AvgIpc) is 2.87. The molecule has 0 saturated heterocycles. The van der Waals surface area contributed by atoms with Gasteiger partial charge in [-0.15, -0.1) is 0 Å². The van der Waals surface area contributed by atoms with E-state index in [-0.39, 0.29) is 17.1 Å². The Morgan fingerprint density at radius 1 is 0.825 bits per heavy atom. The van der Waals surface area contributed by atoms with Crippen LogP contribution >= 0.6 is 0 Å². The Kier molecular flexibility index (Phi) is 9.53. The summed E-state index contributed by atoms with van der Waals surface area (Å²) in [7, 11) is 1.51. The quantitative estimate of drug-likeness (QED) is 0.311. The van der Waals surface area contributed by atoms with Crippen molar-refractivity contribution in [2.75, 3.05) is 7.05 Å². The average molecular weight is 552 g/mol. The summed E-state index contributed by atoms with van der Waals surface area (Å²) in [5, 5.41) is 20.7. The van der Waals surface area contributed by atoms with E-state index in [1.54, 1.807) is 19.9 Å². The van der Waals surface area contributed by atoms with Crippen LogP contribution in [0.15, 0.2) is 36.4 Å². The number of aliphatic hydroxyl groups is 1. The molecule has 2 rings (SSSR count). The van der Waals surface area contributed by atoms with Crippen LogP contribution in [0.4, 0.5) is 0 Å². The third-order valence-electron chi connectivity index (χ3n) is 9.68. The number of Topliss-reactive ketones (excluding diaryl/α,β-unsaturated/α-hetero) is 1. The number of carboxylic acid groups (broad SMARTS) is 1. The smallest absolute Gasteiger partial charge is 0.329 e. The summed E-state index contributed by atoms with van der Waals surface area (Å²) in [6.45, 7) is 20.5. The molecule has 0 aliphatic heterocycles. The molecule has 2 aromatic carbocycles. The maximum atomic E-state index is 13.5. The molecule has 40 heavy (non-hydrogen) atoms. The molecule has 0 aliphatic rings. The Bertz CT molecular complexity index is 1280. The number of rotatable bonds is 10. The zero-order chi connectivity index (χ0) is 31.0. The van der Waals surface area contributed by atoms with Crippen LogP contribution in [0.2, 0.25) is 0 Å². The topological polar surface area (TPSA) is 94.9 Å². The fraction of sp³-hybridized carbons (Fsp3) is 0.559. The van der Waals surface area contributed by atoms with Crippen molar-refractivity contribution in [1.82, 2.24) is 4.90 Å². The lowest BCUT2D eigenvalue weighted by Crippen LogP contribution is -2.50. The van der Waals surface area contributed by atoms with E-state index in [1.807, 2.05) is 58.9 Å². The second-order valence-corrected chi connectivity index (χ2v) is 13.1. The summed E-state index contributed by atoms with van der Waals surface area (Å²) >= 11 is 0. The summed E-state index contributed by atoms with van der Waals surface area (Å²) in [6.07, 6.45) is 1.62. The van der Waals surface area contributed by atoms with Gasteiger partial charge in [0.2, 0.25) is 0 Å². The van der Waals surface area contributed by atoms with Crippen LogP contribution in [0.1, 0.15) is 118 Å². The minimum atomic E-state index is -1.34. The van der Waals surface area contributed by atoms with Crippen molar-refractivity contribution in [3.8, 4) is 0 Å². The SMILES string of the molecule is CCC(CC)(c1ccc(C(=O)C(C)C(C)(O)C(C)(C)C)c(C)c1)c1ccc(C(=O)N(C)C(C)(C)C(=O)O)c(C)c1. The minimum absolute atomic E-state index is 0.0744. The highest BCUT2D eigenvalue weighted by Gasteiger charge is 2.44. The Morgan fingerprint density at radius 3 is 1.60 bits per heavy atom. The maximum absolute atomic E-state index is 13.5. The number of ketones is 1. The number of nitrogens with zero attached hydrogens (tertiary/aromatic N) is 1. The largest absolute Gasteiger partial charge is 0.480 e. The molecule has 0 spiro atoms. The lowest BCUT2D eigenvalue weighted by atomic mass is 9.67. The van der Waals surface area contributed by atoms with E-state index in [0.29, 0.717) is 11.1 Å². The highest BCUT2D eigenvalue weighted by Crippen LogP contribution is 2.42. The summed E-state index contributed by atoms with van der Waals surface area (Å²) in [5.41, 5.74) is 1.58. The number of benzene rings is 2. The molecule has 0 aliphatic carbocycles. The molecule has 220 valence electrons. The molecule has 6 heteroatoms. The van der Waals surface area contributed by atoms with Gasteiger partial charge in [-0.3, -0.25) is 9.59 Å². The van der Waals surface area contributed by atoms with E-state index in [4.69, 9.17) is 0 Å². The third-order valence-corrected chi connectivity index (χ3v) is 9.68. The van der Waals surface area contributed by atoms with Gasteiger partial charge in [-0.25, -0.2) is 4.79 Å². The summed E-state index contributed by atoms with van der Waals surface area (Å²) < 4.78 is 0. The van der Waals surface area contributed by atoms with Gasteiger partial charge in [0.25, 0.3) is 5.91 Å². The van der Waals surface area contributed by atoms with Crippen molar-refractivity contribution in [2.45, 2.75) is 106 Å². The molecule has 0 bridgehead atoms. The van der Waals surface area contributed by atoms with Gasteiger partial charge in [-0.05, 0) is 81.2 Å². The molecule has 0 radical (unpaired) electrons. The molecular weight excluding hydrogens is 502 g/mol. The Morgan fingerprint density at radius 2 is 1.25 bits per heavy atom. The van der Waals surface area contributed by atoms with Crippen molar-refractivity contribution in [2.24, 2.45) is 11.3 Å². The van der Waals surface area contributed by atoms with Crippen LogP contribution in [0.25, 0.3) is 0 Å². The predicted molar refractivity (Wildman–Crippen MR) is 161 cm³/mol. The van der Waals surface area contributed by atoms with Crippen LogP contribution in [0.3, 0.4) is 0 Å². The highest BCUT2D eigenvalue weighted by atomic mass is 16.4. The van der Waals surface area contributed by atoms with Crippen LogP contribution in [-0.4, -0.2) is 51.0 Å². The maximum Gasteiger partial charge on any atom is 0.329 e. The first-order chi connectivity index (χ1) is 18.2. The number of amides is 1. The summed E-state index contributed by atoms with van der Waals surface area (Å²) in [4.78, 5) is 39.7. The van der Waals surface area contributed by atoms with Crippen LogP contribution in [0, 0.1) is 25.2 Å². The van der Waals surface area contributed by atoms with Gasteiger partial charge in [0.05, 0.1) is 5.60 Å². The molecule has 6 nitrogen and oxygen atoms in total. The fourth-order valence-corrected chi connectivity index (χ4v) is 5.39. The first-order valence-corrected chi connectivity index (χ1v) is 14.2. The van der Waals surface area contributed by atoms with E-state index in [0.717, 1.165) is 35.1 Å². The van der Waals surface area contributed by atoms with Gasteiger partial charge >= 0.3 is 5.97 Å². The van der Waals surface area contributed by atoms with Crippen molar-refractivity contribution in [1.29, 1.82) is 0 Å². The van der Waals surface area contributed by atoms with Crippen molar-refractivity contribution in [3.63, 3.8) is 0 Å². The molecule has 2 atom stereocenters. The molecule has 0 aromatic heterocycles. The molecule has 2 aromatic rings. The standard InChI is InChI=1S/C34H49NO5/c1-13-34(14-2,25-16-18-27(22(4)20-25)29(37)35(12)32(9,10)30(38)39)24-15-17-26(21(3)19-24)28(36)23(5)33(11,40)31(6,7)8/h15-20,23,40H,13-14H2,1-12H3,(H,38,39). The number of likely N-dealkylation sites (N-methyl/N-ethyl adjacent to an activating group) is 1. The number of carbonyl (C=O) groups excluding carboxylic acids is 2. The molecule has 2 N–H and O–H groups in total. The van der Waals surface area contributed by atoms with Gasteiger partial charge in [0, 0.05) is 29.5 Å². The molecule has 0 saturated carbocycles. The van der Waals surface area contributed by atoms with Gasteiger partial charge < -0.3 is 15.1 Å². The summed E-state index contributed by atoms with van der Waals surface area (Å²) in [5.74, 6) is -2.05. The van der Waals surface area contributed by atoms with Crippen molar-refractivity contribution >= 4 is 17.7 Å². The third kappa shape index (κ3) is 5.74. The normalized spacial score (nSPS) is 14.8. The Labute approximate surface area is 240 Å². The van der Waals surface area contributed by atoms with Gasteiger partial charge in [-0.2, -0.15) is 0 Å². The second kappa shape index (κ2) is 11.5. The molecule has 1 amide bonds. The lowest BCUT2D eigenvalue weighted by molar-refractivity contribution is -0.147. The minimum Gasteiger partial charge on any atom is -0.480 e. The van der Waals surface area contributed by atoms with E-state index in [9.17, 15) is 24.6 Å². The van der Waals surface area contributed by atoms with Crippen molar-refractivity contribution < 1.29 is 24.6 Å². The van der Waals surface area contributed by atoms with E-state index in [2.05, 4.69) is 19.9 Å². The molecular formula is C34H49NO5. The number of carboxylic acids is 1. The lowest BCUT2D eigenvalue weighted by Gasteiger charge is -2.41. The number of hydrogen-bond donors (Lipinski definition) is 2. The zero-order valence-corrected chi connectivity index (χ0v) is 26.5. The fourth-order valence-electron chi connectivity index (χ4n) is 5.39. The van der Waals surface area contributed by atoms with Crippen LogP contribution in [0.5, 0.6) is 0 Å². The number of aliphatic carboxylic acids is 1. The predicted octanol–water partition coefficient (Wildman–Crippen LogP) is 6.96. The molecule has 0 fully saturated rings. The first-order valence-electron chi connectivity index (χ1n) is 14.2. The monoisotopic (exact) mass is 551 g/mol. The second-order valence-electron chi connectivity index (χ2n) is 13.1. The number of carbonyl (C=O) groups is 3. The Hall–Kier alpha value is -2.99. The van der Waals surface area contributed by atoms with Crippen LogP contribution < -0.4 is 0 Å². The molecule has 2 unspecified atom stereocenters.